The van der Waals surface area contributed by atoms with E-state index in [2.05, 4.69) is 32.6 Å². The first-order chi connectivity index (χ1) is 10.6. The second-order valence-corrected chi connectivity index (χ2v) is 6.31. The average Bonchev–Trinajstić information content (AvgIpc) is 2.91. The number of nitrogens with one attached hydrogen (secondary N) is 2. The van der Waals surface area contributed by atoms with E-state index in [-0.39, 0.29) is 18.2 Å². The van der Waals surface area contributed by atoms with Crippen molar-refractivity contribution in [1.29, 1.82) is 0 Å². The lowest BCUT2D eigenvalue weighted by Gasteiger charge is -2.33. The number of likely N-dealkylation sites (N-methyl/N-ethyl adjacent to an activating group) is 1. The molecule has 1 fully saturated rings. The molecule has 0 atom stereocenters. The molecule has 1 aliphatic heterocycles. The minimum Gasteiger partial charge on any atom is -0.301 e. The molecule has 0 saturated carbocycles. The van der Waals surface area contributed by atoms with E-state index in [0.717, 1.165) is 43.4 Å². The van der Waals surface area contributed by atoms with Crippen LogP contribution < -0.4 is 10.9 Å². The van der Waals surface area contributed by atoms with Gasteiger partial charge < -0.3 is 4.90 Å². The van der Waals surface area contributed by atoms with Crippen molar-refractivity contribution in [2.45, 2.75) is 20.3 Å². The molecule has 1 aliphatic rings. The van der Waals surface area contributed by atoms with E-state index >= 15 is 0 Å². The number of hydrazine groups is 1. The molecule has 8 heteroatoms. The molecule has 0 spiro atoms. The van der Waals surface area contributed by atoms with E-state index in [1.54, 1.807) is 0 Å². The van der Waals surface area contributed by atoms with Gasteiger partial charge in [-0.05, 0) is 13.5 Å². The molecule has 0 aliphatic carbocycles. The lowest BCUT2D eigenvalue weighted by molar-refractivity contribution is -0.129. The summed E-state index contributed by atoms with van der Waals surface area (Å²) in [7, 11) is 0. The second-order valence-electron chi connectivity index (χ2n) is 5.37. The van der Waals surface area contributed by atoms with Gasteiger partial charge in [-0.15, -0.1) is 11.3 Å². The smallest absolute Gasteiger partial charge is 0.252 e. The van der Waals surface area contributed by atoms with Gasteiger partial charge in [0.1, 0.15) is 5.01 Å². The summed E-state index contributed by atoms with van der Waals surface area (Å²) in [5.41, 5.74) is 5.81. The van der Waals surface area contributed by atoms with E-state index in [4.69, 9.17) is 0 Å². The van der Waals surface area contributed by atoms with Crippen LogP contribution >= 0.6 is 11.3 Å². The van der Waals surface area contributed by atoms with Crippen LogP contribution in [-0.2, 0) is 16.0 Å². The molecule has 22 heavy (non-hydrogen) atoms. The van der Waals surface area contributed by atoms with Crippen LogP contribution in [0.15, 0.2) is 5.38 Å². The number of hydrogen-bond acceptors (Lipinski definition) is 6. The molecule has 1 aromatic heterocycles. The highest BCUT2D eigenvalue weighted by Crippen LogP contribution is 2.08. The van der Waals surface area contributed by atoms with Crippen molar-refractivity contribution in [2.24, 2.45) is 0 Å². The minimum atomic E-state index is -0.251. The highest BCUT2D eigenvalue weighted by molar-refractivity contribution is 7.09. The van der Waals surface area contributed by atoms with Gasteiger partial charge in [-0.3, -0.25) is 25.3 Å². The summed E-state index contributed by atoms with van der Waals surface area (Å²) in [6, 6.07) is 0. The fourth-order valence-electron chi connectivity index (χ4n) is 2.31. The second kappa shape index (κ2) is 8.21. The van der Waals surface area contributed by atoms with Gasteiger partial charge in [0.2, 0.25) is 5.91 Å². The fourth-order valence-corrected chi connectivity index (χ4v) is 3.08. The third-order valence-corrected chi connectivity index (χ3v) is 4.57. The first-order valence-corrected chi connectivity index (χ1v) is 8.38. The predicted octanol–water partition coefficient (Wildman–Crippen LogP) is -0.221. The summed E-state index contributed by atoms with van der Waals surface area (Å²) in [4.78, 5) is 32.2. The third kappa shape index (κ3) is 5.36. The van der Waals surface area contributed by atoms with Crippen LogP contribution in [0, 0.1) is 6.92 Å². The average molecular weight is 325 g/mol. The summed E-state index contributed by atoms with van der Waals surface area (Å²) in [5, 5.41) is 2.65. The zero-order valence-electron chi connectivity index (χ0n) is 13.1. The highest BCUT2D eigenvalue weighted by Gasteiger charge is 2.18. The van der Waals surface area contributed by atoms with Crippen LogP contribution in [0.3, 0.4) is 0 Å². The number of piperazine rings is 1. The van der Waals surface area contributed by atoms with Gasteiger partial charge in [-0.2, -0.15) is 0 Å². The molecule has 1 aromatic rings. The largest absolute Gasteiger partial charge is 0.301 e. The van der Waals surface area contributed by atoms with Gasteiger partial charge in [0.25, 0.3) is 5.91 Å². The Morgan fingerprint density at radius 3 is 2.41 bits per heavy atom. The molecule has 2 rings (SSSR count). The maximum atomic E-state index is 11.8. The molecule has 2 heterocycles. The summed E-state index contributed by atoms with van der Waals surface area (Å²) in [6.07, 6.45) is 0.188. The van der Waals surface area contributed by atoms with Crippen molar-refractivity contribution in [3.05, 3.63) is 16.1 Å². The van der Waals surface area contributed by atoms with Crippen LogP contribution in [0.4, 0.5) is 0 Å². The van der Waals surface area contributed by atoms with Crippen molar-refractivity contribution >= 4 is 23.2 Å². The Morgan fingerprint density at radius 1 is 1.18 bits per heavy atom. The van der Waals surface area contributed by atoms with Crippen molar-refractivity contribution in [3.63, 3.8) is 0 Å². The molecule has 0 radical (unpaired) electrons. The summed E-state index contributed by atoms with van der Waals surface area (Å²) >= 11 is 1.45. The third-order valence-electron chi connectivity index (χ3n) is 3.60. The number of aromatic nitrogens is 1. The Balaban J connectivity index is 1.64. The first-order valence-electron chi connectivity index (χ1n) is 7.50. The number of hydrogen-bond donors (Lipinski definition) is 2. The van der Waals surface area contributed by atoms with Gasteiger partial charge in [-0.25, -0.2) is 4.98 Å². The van der Waals surface area contributed by atoms with E-state index in [9.17, 15) is 9.59 Å². The highest BCUT2D eigenvalue weighted by atomic mass is 32.1. The van der Waals surface area contributed by atoms with Crippen molar-refractivity contribution in [3.8, 4) is 0 Å². The molecule has 122 valence electrons. The molecule has 2 amide bonds. The van der Waals surface area contributed by atoms with E-state index in [0.29, 0.717) is 6.54 Å². The lowest BCUT2D eigenvalue weighted by atomic mass is 10.3. The zero-order chi connectivity index (χ0) is 15.9. The summed E-state index contributed by atoms with van der Waals surface area (Å²) < 4.78 is 0. The van der Waals surface area contributed by atoms with Gasteiger partial charge in [0.05, 0.1) is 13.0 Å². The predicted molar refractivity (Wildman–Crippen MR) is 85.4 cm³/mol. The van der Waals surface area contributed by atoms with Crippen molar-refractivity contribution in [1.82, 2.24) is 25.6 Å². The number of carbonyl (C=O) groups is 2. The molecule has 0 bridgehead atoms. The number of amides is 2. The first kappa shape index (κ1) is 16.9. The number of rotatable bonds is 5. The summed E-state index contributed by atoms with van der Waals surface area (Å²) in [5.74, 6) is -0.438. The number of thiazole rings is 1. The normalized spacial score (nSPS) is 16.5. The molecule has 2 N–H and O–H groups in total. The van der Waals surface area contributed by atoms with Crippen LogP contribution in [0.25, 0.3) is 0 Å². The molecule has 0 aromatic carbocycles. The molecule has 1 saturated heterocycles. The van der Waals surface area contributed by atoms with Crippen molar-refractivity contribution in [2.75, 3.05) is 39.3 Å². The SMILES string of the molecule is CCN1CCN(CC(=O)NNC(=O)Cc2nc(C)cs2)CC1. The maximum Gasteiger partial charge on any atom is 0.252 e. The van der Waals surface area contributed by atoms with Gasteiger partial charge in [0.15, 0.2) is 0 Å². The summed E-state index contributed by atoms with van der Waals surface area (Å²) in [6.45, 7) is 9.13. The van der Waals surface area contributed by atoms with Gasteiger partial charge in [0, 0.05) is 37.3 Å². The quantitative estimate of drug-likeness (QED) is 0.732. The van der Waals surface area contributed by atoms with Crippen LogP contribution in [0.5, 0.6) is 0 Å². The molecular formula is C14H23N5O2S. The number of aryl methyl sites for hydroxylation is 1. The number of nitrogens with zero attached hydrogens (tertiary/aromatic N) is 3. The molecular weight excluding hydrogens is 302 g/mol. The van der Waals surface area contributed by atoms with E-state index in [1.165, 1.54) is 11.3 Å². The Bertz CT molecular complexity index is 511. The molecule has 7 nitrogen and oxygen atoms in total. The van der Waals surface area contributed by atoms with Gasteiger partial charge in [-0.1, -0.05) is 6.92 Å². The molecule has 0 unspecified atom stereocenters. The van der Waals surface area contributed by atoms with Crippen LogP contribution in [0.2, 0.25) is 0 Å². The Hall–Kier alpha value is -1.51. The monoisotopic (exact) mass is 325 g/mol. The van der Waals surface area contributed by atoms with E-state index < -0.39 is 0 Å². The standard InChI is InChI=1S/C14H23N5O2S/c1-3-18-4-6-19(7-5-18)9-13(21)17-16-12(20)8-14-15-11(2)10-22-14/h10H,3-9H2,1-2H3,(H,16,20)(H,17,21). The Labute approximate surface area is 134 Å². The lowest BCUT2D eigenvalue weighted by Crippen LogP contribution is -2.51. The van der Waals surface area contributed by atoms with E-state index in [1.807, 2.05) is 12.3 Å². The Kier molecular flexibility index (Phi) is 6.29. The van der Waals surface area contributed by atoms with Crippen molar-refractivity contribution < 1.29 is 9.59 Å². The number of carbonyl (C=O) groups excluding carboxylic acids is 2. The fraction of sp³-hybridized carbons (Fsp3) is 0.643. The van der Waals surface area contributed by atoms with Crippen LogP contribution in [0.1, 0.15) is 17.6 Å². The maximum absolute atomic E-state index is 11.8. The zero-order valence-corrected chi connectivity index (χ0v) is 13.9. The van der Waals surface area contributed by atoms with Gasteiger partial charge >= 0.3 is 0 Å². The topological polar surface area (TPSA) is 77.6 Å². The minimum absolute atomic E-state index is 0.186. The Morgan fingerprint density at radius 2 is 1.82 bits per heavy atom. The van der Waals surface area contributed by atoms with Crippen LogP contribution in [-0.4, -0.2) is 65.9 Å².